The molecule has 0 bridgehead atoms. The van der Waals surface area contributed by atoms with Crippen molar-refractivity contribution in [2.75, 3.05) is 5.32 Å². The van der Waals surface area contributed by atoms with E-state index in [1.165, 1.54) is 6.07 Å². The van der Waals surface area contributed by atoms with Crippen LogP contribution in [0.3, 0.4) is 0 Å². The normalized spacial score (nSPS) is 12.5. The largest absolute Gasteiger partial charge is 0.375 e. The van der Waals surface area contributed by atoms with Crippen molar-refractivity contribution in [3.05, 3.63) is 47.0 Å². The highest BCUT2D eigenvalue weighted by Crippen LogP contribution is 2.25. The summed E-state index contributed by atoms with van der Waals surface area (Å²) in [7, 11) is 1.90. The van der Waals surface area contributed by atoms with E-state index < -0.39 is 0 Å². The lowest BCUT2D eigenvalue weighted by molar-refractivity contribution is 0.600. The SMILES string of the molecule is Cc1nn(C)c(C)c1NC(C)c1ccccc1F. The molecule has 0 aliphatic heterocycles. The zero-order valence-corrected chi connectivity index (χ0v) is 11.2. The molecular formula is C14H18FN3. The zero-order valence-electron chi connectivity index (χ0n) is 11.2. The number of halogens is 1. The van der Waals surface area contributed by atoms with E-state index in [4.69, 9.17) is 0 Å². The molecule has 18 heavy (non-hydrogen) atoms. The fraction of sp³-hybridized carbons (Fsp3) is 0.357. The third-order valence-electron chi connectivity index (χ3n) is 3.24. The Morgan fingerprint density at radius 1 is 1.28 bits per heavy atom. The number of nitrogens with zero attached hydrogens (tertiary/aromatic N) is 2. The predicted octanol–water partition coefficient (Wildman–Crippen LogP) is 3.35. The van der Waals surface area contributed by atoms with Crippen molar-refractivity contribution in [2.45, 2.75) is 26.8 Å². The van der Waals surface area contributed by atoms with E-state index >= 15 is 0 Å². The summed E-state index contributed by atoms with van der Waals surface area (Å²) in [6, 6.07) is 6.74. The van der Waals surface area contributed by atoms with Crippen molar-refractivity contribution in [1.82, 2.24) is 9.78 Å². The quantitative estimate of drug-likeness (QED) is 0.901. The van der Waals surface area contributed by atoms with Crippen LogP contribution in [0.4, 0.5) is 10.1 Å². The van der Waals surface area contributed by atoms with E-state index in [-0.39, 0.29) is 11.9 Å². The Hall–Kier alpha value is -1.84. The minimum absolute atomic E-state index is 0.0900. The topological polar surface area (TPSA) is 29.9 Å². The fourth-order valence-corrected chi connectivity index (χ4v) is 2.10. The number of nitrogens with one attached hydrogen (secondary N) is 1. The second-order valence-corrected chi connectivity index (χ2v) is 4.56. The van der Waals surface area contributed by atoms with Gasteiger partial charge in [0.1, 0.15) is 5.82 Å². The maximum atomic E-state index is 13.7. The van der Waals surface area contributed by atoms with E-state index in [1.54, 1.807) is 12.1 Å². The minimum Gasteiger partial charge on any atom is -0.375 e. The van der Waals surface area contributed by atoms with Crippen LogP contribution in [0.5, 0.6) is 0 Å². The van der Waals surface area contributed by atoms with Crippen LogP contribution in [0.25, 0.3) is 0 Å². The summed E-state index contributed by atoms with van der Waals surface area (Å²) in [6.07, 6.45) is 0. The Morgan fingerprint density at radius 3 is 2.50 bits per heavy atom. The number of aromatic nitrogens is 2. The summed E-state index contributed by atoms with van der Waals surface area (Å²) in [4.78, 5) is 0. The number of rotatable bonds is 3. The van der Waals surface area contributed by atoms with Crippen LogP contribution in [-0.2, 0) is 7.05 Å². The molecule has 1 atom stereocenters. The summed E-state index contributed by atoms with van der Waals surface area (Å²) in [5.41, 5.74) is 3.63. The highest BCUT2D eigenvalue weighted by atomic mass is 19.1. The van der Waals surface area contributed by atoms with Gasteiger partial charge in [-0.05, 0) is 26.8 Å². The first-order valence-electron chi connectivity index (χ1n) is 6.02. The Balaban J connectivity index is 2.27. The van der Waals surface area contributed by atoms with Crippen LogP contribution >= 0.6 is 0 Å². The molecule has 2 rings (SSSR count). The third kappa shape index (κ3) is 2.23. The lowest BCUT2D eigenvalue weighted by Gasteiger charge is -2.16. The van der Waals surface area contributed by atoms with Gasteiger partial charge < -0.3 is 5.32 Å². The number of hydrogen-bond donors (Lipinski definition) is 1. The highest BCUT2D eigenvalue weighted by Gasteiger charge is 2.15. The Labute approximate surface area is 107 Å². The van der Waals surface area contributed by atoms with E-state index in [0.29, 0.717) is 5.56 Å². The van der Waals surface area contributed by atoms with E-state index in [9.17, 15) is 4.39 Å². The van der Waals surface area contributed by atoms with Gasteiger partial charge in [0.15, 0.2) is 0 Å². The summed E-state index contributed by atoms with van der Waals surface area (Å²) in [5.74, 6) is -0.184. The number of aryl methyl sites for hydroxylation is 2. The molecule has 1 aromatic heterocycles. The molecule has 2 aromatic rings. The fourth-order valence-electron chi connectivity index (χ4n) is 2.10. The predicted molar refractivity (Wildman–Crippen MR) is 71.1 cm³/mol. The van der Waals surface area contributed by atoms with Gasteiger partial charge in [-0.15, -0.1) is 0 Å². The summed E-state index contributed by atoms with van der Waals surface area (Å²) in [5, 5.41) is 7.67. The summed E-state index contributed by atoms with van der Waals surface area (Å²) in [6.45, 7) is 5.89. The average Bonchev–Trinajstić information content (AvgIpc) is 2.56. The van der Waals surface area contributed by atoms with Crippen molar-refractivity contribution < 1.29 is 4.39 Å². The molecule has 3 nitrogen and oxygen atoms in total. The van der Waals surface area contributed by atoms with Crippen molar-refractivity contribution in [3.63, 3.8) is 0 Å². The molecule has 0 saturated carbocycles. The molecule has 0 amide bonds. The number of benzene rings is 1. The van der Waals surface area contributed by atoms with Crippen LogP contribution in [0.2, 0.25) is 0 Å². The van der Waals surface area contributed by atoms with Crippen LogP contribution in [0.15, 0.2) is 24.3 Å². The molecule has 0 aliphatic rings. The third-order valence-corrected chi connectivity index (χ3v) is 3.24. The van der Waals surface area contributed by atoms with Crippen molar-refractivity contribution in [3.8, 4) is 0 Å². The van der Waals surface area contributed by atoms with Crippen molar-refractivity contribution in [1.29, 1.82) is 0 Å². The van der Waals surface area contributed by atoms with Gasteiger partial charge in [-0.25, -0.2) is 4.39 Å². The number of anilines is 1. The van der Waals surface area contributed by atoms with Crippen LogP contribution in [0, 0.1) is 19.7 Å². The molecule has 96 valence electrons. The van der Waals surface area contributed by atoms with Gasteiger partial charge in [0.05, 0.1) is 23.1 Å². The second-order valence-electron chi connectivity index (χ2n) is 4.56. The second kappa shape index (κ2) is 4.80. The lowest BCUT2D eigenvalue weighted by Crippen LogP contribution is -2.09. The minimum atomic E-state index is -0.184. The van der Waals surface area contributed by atoms with E-state index in [0.717, 1.165) is 17.1 Å². The Kier molecular flexibility index (Phi) is 3.36. The van der Waals surface area contributed by atoms with Gasteiger partial charge in [-0.2, -0.15) is 5.10 Å². The first-order valence-corrected chi connectivity index (χ1v) is 6.02. The maximum absolute atomic E-state index is 13.7. The molecule has 0 aliphatic carbocycles. The Bertz CT molecular complexity index is 560. The van der Waals surface area contributed by atoms with Crippen molar-refractivity contribution >= 4 is 5.69 Å². The average molecular weight is 247 g/mol. The molecule has 0 radical (unpaired) electrons. The van der Waals surface area contributed by atoms with Gasteiger partial charge in [0.25, 0.3) is 0 Å². The zero-order chi connectivity index (χ0) is 13.3. The molecule has 1 N–H and O–H groups in total. The summed E-state index contributed by atoms with van der Waals surface area (Å²) < 4.78 is 15.5. The molecule has 0 saturated heterocycles. The van der Waals surface area contributed by atoms with Crippen molar-refractivity contribution in [2.24, 2.45) is 7.05 Å². The van der Waals surface area contributed by atoms with E-state index in [1.807, 2.05) is 38.6 Å². The monoisotopic (exact) mass is 247 g/mol. The molecular weight excluding hydrogens is 229 g/mol. The first kappa shape index (κ1) is 12.6. The molecule has 0 spiro atoms. The molecule has 1 aromatic carbocycles. The molecule has 1 heterocycles. The van der Waals surface area contributed by atoms with Gasteiger partial charge >= 0.3 is 0 Å². The van der Waals surface area contributed by atoms with Gasteiger partial charge in [0.2, 0.25) is 0 Å². The standard InChI is InChI=1S/C14H18FN3/c1-9(12-7-5-6-8-13(12)15)16-14-10(2)17-18(4)11(14)3/h5-9,16H,1-4H3. The van der Waals surface area contributed by atoms with Gasteiger partial charge in [-0.3, -0.25) is 4.68 Å². The van der Waals surface area contributed by atoms with Crippen LogP contribution in [0.1, 0.15) is 29.9 Å². The molecule has 1 unspecified atom stereocenters. The summed E-state index contributed by atoms with van der Waals surface area (Å²) >= 11 is 0. The smallest absolute Gasteiger partial charge is 0.128 e. The lowest BCUT2D eigenvalue weighted by atomic mass is 10.1. The maximum Gasteiger partial charge on any atom is 0.128 e. The highest BCUT2D eigenvalue weighted by molar-refractivity contribution is 5.53. The van der Waals surface area contributed by atoms with Gasteiger partial charge in [-0.1, -0.05) is 18.2 Å². The molecule has 0 fully saturated rings. The van der Waals surface area contributed by atoms with E-state index in [2.05, 4.69) is 10.4 Å². The van der Waals surface area contributed by atoms with Gasteiger partial charge in [0, 0.05) is 12.6 Å². The van der Waals surface area contributed by atoms with Crippen LogP contribution < -0.4 is 5.32 Å². The number of hydrogen-bond acceptors (Lipinski definition) is 2. The molecule has 4 heteroatoms. The van der Waals surface area contributed by atoms with Crippen LogP contribution in [-0.4, -0.2) is 9.78 Å². The Morgan fingerprint density at radius 2 is 1.94 bits per heavy atom. The first-order chi connectivity index (χ1) is 8.50.